The minimum absolute atomic E-state index is 0.0704. The van der Waals surface area contributed by atoms with Crippen LogP contribution in [0.25, 0.3) is 0 Å². The molecule has 0 fully saturated rings. The summed E-state index contributed by atoms with van der Waals surface area (Å²) in [5, 5.41) is 3.68. The van der Waals surface area contributed by atoms with Crippen molar-refractivity contribution < 1.29 is 9.53 Å². The SMILES string of the molecule is CCN(CC)CCOCCNC(=O)CC(c1ccc(Cl)cc1)C(C)C. The fourth-order valence-corrected chi connectivity index (χ4v) is 2.94. The van der Waals surface area contributed by atoms with Crippen LogP contribution in [0.3, 0.4) is 0 Å². The predicted octanol–water partition coefficient (Wildman–Crippen LogP) is 3.94. The molecule has 1 amide bonds. The van der Waals surface area contributed by atoms with Gasteiger partial charge in [-0.25, -0.2) is 0 Å². The van der Waals surface area contributed by atoms with Crippen LogP contribution < -0.4 is 5.32 Å². The van der Waals surface area contributed by atoms with Crippen molar-refractivity contribution in [3.63, 3.8) is 0 Å². The van der Waals surface area contributed by atoms with Gasteiger partial charge in [-0.15, -0.1) is 0 Å². The zero-order chi connectivity index (χ0) is 18.7. The molecular formula is C20H33ClN2O2. The molecule has 1 atom stereocenters. The Morgan fingerprint density at radius 2 is 1.80 bits per heavy atom. The molecule has 0 radical (unpaired) electrons. The van der Waals surface area contributed by atoms with Crippen LogP contribution in [-0.4, -0.2) is 50.2 Å². The minimum Gasteiger partial charge on any atom is -0.378 e. The summed E-state index contributed by atoms with van der Waals surface area (Å²) in [4.78, 5) is 14.5. The van der Waals surface area contributed by atoms with Crippen LogP contribution >= 0.6 is 11.6 Å². The van der Waals surface area contributed by atoms with E-state index < -0.39 is 0 Å². The average Bonchev–Trinajstić information content (AvgIpc) is 2.60. The van der Waals surface area contributed by atoms with Crippen molar-refractivity contribution in [1.29, 1.82) is 0 Å². The summed E-state index contributed by atoms with van der Waals surface area (Å²) in [7, 11) is 0. The second-order valence-corrected chi connectivity index (χ2v) is 7.03. The number of carbonyl (C=O) groups excluding carboxylic acids is 1. The normalized spacial score (nSPS) is 12.6. The molecule has 1 aromatic rings. The van der Waals surface area contributed by atoms with Gasteiger partial charge in [0.15, 0.2) is 0 Å². The smallest absolute Gasteiger partial charge is 0.220 e. The van der Waals surface area contributed by atoms with Crippen LogP contribution in [0.2, 0.25) is 5.02 Å². The number of hydrogen-bond donors (Lipinski definition) is 1. The first-order chi connectivity index (χ1) is 12.0. The molecule has 0 heterocycles. The van der Waals surface area contributed by atoms with Crippen molar-refractivity contribution >= 4 is 17.5 Å². The third kappa shape index (κ3) is 8.70. The summed E-state index contributed by atoms with van der Waals surface area (Å²) in [6.07, 6.45) is 0.485. The van der Waals surface area contributed by atoms with E-state index in [1.807, 2.05) is 24.3 Å². The molecule has 142 valence electrons. The van der Waals surface area contributed by atoms with E-state index in [4.69, 9.17) is 16.3 Å². The van der Waals surface area contributed by atoms with E-state index in [1.165, 1.54) is 0 Å². The first-order valence-corrected chi connectivity index (χ1v) is 9.67. The number of amides is 1. The number of hydrogen-bond acceptors (Lipinski definition) is 3. The van der Waals surface area contributed by atoms with E-state index in [0.717, 1.165) is 30.2 Å². The van der Waals surface area contributed by atoms with Crippen molar-refractivity contribution in [2.45, 2.75) is 40.0 Å². The summed E-state index contributed by atoms with van der Waals surface area (Å²) < 4.78 is 5.60. The van der Waals surface area contributed by atoms with Gasteiger partial charge in [-0.1, -0.05) is 51.4 Å². The van der Waals surface area contributed by atoms with E-state index in [9.17, 15) is 4.79 Å². The fraction of sp³-hybridized carbons (Fsp3) is 0.650. The first kappa shape index (κ1) is 21.9. The molecule has 1 rings (SSSR count). The highest BCUT2D eigenvalue weighted by Gasteiger charge is 2.19. The van der Waals surface area contributed by atoms with Gasteiger partial charge in [0.05, 0.1) is 13.2 Å². The third-order valence-electron chi connectivity index (χ3n) is 4.52. The van der Waals surface area contributed by atoms with Crippen LogP contribution in [0.4, 0.5) is 0 Å². The van der Waals surface area contributed by atoms with Crippen molar-refractivity contribution in [3.05, 3.63) is 34.9 Å². The topological polar surface area (TPSA) is 41.6 Å². The monoisotopic (exact) mass is 368 g/mol. The van der Waals surface area contributed by atoms with Gasteiger partial charge in [0.25, 0.3) is 0 Å². The standard InChI is InChI=1S/C20H33ClN2O2/c1-5-23(6-2)12-14-25-13-11-22-20(24)15-19(16(3)4)17-7-9-18(21)10-8-17/h7-10,16,19H,5-6,11-15H2,1-4H3,(H,22,24). The Kier molecular flexibility index (Phi) is 10.8. The van der Waals surface area contributed by atoms with Gasteiger partial charge in [0.1, 0.15) is 0 Å². The Morgan fingerprint density at radius 3 is 2.36 bits per heavy atom. The van der Waals surface area contributed by atoms with E-state index in [1.54, 1.807) is 0 Å². The van der Waals surface area contributed by atoms with E-state index in [2.05, 4.69) is 37.9 Å². The van der Waals surface area contributed by atoms with Gasteiger partial charge in [0, 0.05) is 24.5 Å². The van der Waals surface area contributed by atoms with Gasteiger partial charge in [-0.3, -0.25) is 4.79 Å². The van der Waals surface area contributed by atoms with Crippen LogP contribution in [0, 0.1) is 5.92 Å². The number of ether oxygens (including phenoxy) is 1. The Morgan fingerprint density at radius 1 is 1.16 bits per heavy atom. The summed E-state index contributed by atoms with van der Waals surface area (Å²) in [5.41, 5.74) is 1.16. The van der Waals surface area contributed by atoms with E-state index >= 15 is 0 Å². The van der Waals surface area contributed by atoms with Crippen LogP contribution in [0.1, 0.15) is 45.6 Å². The Labute approximate surface area is 157 Å². The number of likely N-dealkylation sites (N-methyl/N-ethyl adjacent to an activating group) is 1. The van der Waals surface area contributed by atoms with Crippen molar-refractivity contribution in [2.75, 3.05) is 39.4 Å². The summed E-state index contributed by atoms with van der Waals surface area (Å²) in [6, 6.07) is 7.79. The lowest BCUT2D eigenvalue weighted by Crippen LogP contribution is -2.31. The highest BCUT2D eigenvalue weighted by atomic mass is 35.5. The number of benzene rings is 1. The van der Waals surface area contributed by atoms with Crippen molar-refractivity contribution in [1.82, 2.24) is 10.2 Å². The maximum atomic E-state index is 12.2. The Bertz CT molecular complexity index is 487. The molecular weight excluding hydrogens is 336 g/mol. The van der Waals surface area contributed by atoms with E-state index in [-0.39, 0.29) is 11.8 Å². The molecule has 4 nitrogen and oxygen atoms in total. The summed E-state index contributed by atoms with van der Waals surface area (Å²) in [6.45, 7) is 13.4. The zero-order valence-electron chi connectivity index (χ0n) is 16.1. The third-order valence-corrected chi connectivity index (χ3v) is 4.78. The number of nitrogens with one attached hydrogen (secondary N) is 1. The molecule has 5 heteroatoms. The van der Waals surface area contributed by atoms with Crippen LogP contribution in [0.5, 0.6) is 0 Å². The van der Waals surface area contributed by atoms with Gasteiger partial charge in [-0.2, -0.15) is 0 Å². The number of nitrogens with zero attached hydrogens (tertiary/aromatic N) is 1. The minimum atomic E-state index is 0.0704. The van der Waals surface area contributed by atoms with Gasteiger partial charge in [-0.05, 0) is 42.6 Å². The molecule has 0 aliphatic rings. The van der Waals surface area contributed by atoms with Crippen molar-refractivity contribution in [3.8, 4) is 0 Å². The van der Waals surface area contributed by atoms with Crippen molar-refractivity contribution in [2.24, 2.45) is 5.92 Å². The average molecular weight is 369 g/mol. The van der Waals surface area contributed by atoms with Gasteiger partial charge in [0.2, 0.25) is 5.91 Å². The number of halogens is 1. The Hall–Kier alpha value is -1.10. The number of carbonyl (C=O) groups is 1. The summed E-state index contributed by atoms with van der Waals surface area (Å²) in [5.74, 6) is 0.652. The molecule has 0 bridgehead atoms. The molecule has 0 saturated heterocycles. The molecule has 1 unspecified atom stereocenters. The maximum Gasteiger partial charge on any atom is 0.220 e. The molecule has 0 spiro atoms. The van der Waals surface area contributed by atoms with Gasteiger partial charge >= 0.3 is 0 Å². The lowest BCUT2D eigenvalue weighted by molar-refractivity contribution is -0.121. The van der Waals surface area contributed by atoms with Crippen LogP contribution in [0.15, 0.2) is 24.3 Å². The highest BCUT2D eigenvalue weighted by molar-refractivity contribution is 6.30. The molecule has 1 N–H and O–H groups in total. The Balaban J connectivity index is 2.30. The quantitative estimate of drug-likeness (QED) is 0.568. The largest absolute Gasteiger partial charge is 0.378 e. The molecule has 0 aliphatic carbocycles. The predicted molar refractivity (Wildman–Crippen MR) is 105 cm³/mol. The highest BCUT2D eigenvalue weighted by Crippen LogP contribution is 2.28. The second-order valence-electron chi connectivity index (χ2n) is 6.60. The van der Waals surface area contributed by atoms with Gasteiger partial charge < -0.3 is 15.0 Å². The van der Waals surface area contributed by atoms with E-state index in [0.29, 0.717) is 32.1 Å². The first-order valence-electron chi connectivity index (χ1n) is 9.30. The zero-order valence-corrected chi connectivity index (χ0v) is 16.8. The molecule has 1 aromatic carbocycles. The fourth-order valence-electron chi connectivity index (χ4n) is 2.82. The second kappa shape index (κ2) is 12.3. The maximum absolute atomic E-state index is 12.2. The lowest BCUT2D eigenvalue weighted by Gasteiger charge is -2.21. The lowest BCUT2D eigenvalue weighted by atomic mass is 9.85. The molecule has 0 aliphatic heterocycles. The summed E-state index contributed by atoms with van der Waals surface area (Å²) >= 11 is 5.95. The number of rotatable bonds is 12. The molecule has 0 aromatic heterocycles. The van der Waals surface area contributed by atoms with Crippen LogP contribution in [-0.2, 0) is 9.53 Å². The molecule has 25 heavy (non-hydrogen) atoms. The molecule has 0 saturated carbocycles.